The zero-order valence-electron chi connectivity index (χ0n) is 9.10. The van der Waals surface area contributed by atoms with Gasteiger partial charge in [0.2, 0.25) is 0 Å². The number of hydrogen-bond donors (Lipinski definition) is 2. The number of nitrogens with one attached hydrogen (secondary N) is 2. The van der Waals surface area contributed by atoms with Crippen LogP contribution in [0, 0.1) is 4.77 Å². The summed E-state index contributed by atoms with van der Waals surface area (Å²) in [5.74, 6) is 0. The smallest absolute Gasteiger partial charge is 0.277 e. The number of aromatic amines is 2. The number of aromatic nitrogens is 4. The molecule has 0 spiro atoms. The summed E-state index contributed by atoms with van der Waals surface area (Å²) >= 11 is 5.17. The average Bonchev–Trinajstić information content (AvgIpc) is 2.95. The van der Waals surface area contributed by atoms with Crippen LogP contribution in [0.1, 0.15) is 12.8 Å². The van der Waals surface area contributed by atoms with E-state index < -0.39 is 0 Å². The van der Waals surface area contributed by atoms with Crippen LogP contribution in [0.25, 0.3) is 11.2 Å². The number of nitrogens with zero attached hydrogens (tertiary/aromatic N) is 2. The zero-order valence-corrected chi connectivity index (χ0v) is 9.92. The minimum absolute atomic E-state index is 0.160. The summed E-state index contributed by atoms with van der Waals surface area (Å²) < 4.78 is 7.78. The quantitative estimate of drug-likeness (QED) is 0.783. The van der Waals surface area contributed by atoms with Crippen LogP contribution in [0.5, 0.6) is 0 Å². The summed E-state index contributed by atoms with van der Waals surface area (Å²) in [4.78, 5) is 21.2. The molecule has 1 aliphatic heterocycles. The largest absolute Gasteiger partial charge is 0.376 e. The first-order valence-electron chi connectivity index (χ1n) is 5.53. The summed E-state index contributed by atoms with van der Waals surface area (Å²) in [6.45, 7) is 1.43. The van der Waals surface area contributed by atoms with Crippen molar-refractivity contribution in [3.8, 4) is 0 Å². The number of hydrogen-bond acceptors (Lipinski definition) is 4. The molecule has 1 saturated heterocycles. The maximum Gasteiger partial charge on any atom is 0.277 e. The highest BCUT2D eigenvalue weighted by Crippen LogP contribution is 2.15. The van der Waals surface area contributed by atoms with Gasteiger partial charge in [0.05, 0.1) is 19.0 Å². The van der Waals surface area contributed by atoms with E-state index in [0.29, 0.717) is 22.5 Å². The van der Waals surface area contributed by atoms with Gasteiger partial charge in [-0.1, -0.05) is 0 Å². The van der Waals surface area contributed by atoms with Gasteiger partial charge in [-0.05, 0) is 25.1 Å². The maximum absolute atomic E-state index is 11.6. The normalized spacial score (nSPS) is 20.1. The highest BCUT2D eigenvalue weighted by Gasteiger charge is 2.18. The molecule has 2 aromatic heterocycles. The molecule has 2 N–H and O–H groups in total. The lowest BCUT2D eigenvalue weighted by atomic mass is 10.2. The van der Waals surface area contributed by atoms with Crippen LogP contribution in [-0.2, 0) is 11.3 Å². The Bertz CT molecular complexity index is 650. The molecule has 0 bridgehead atoms. The first-order valence-corrected chi connectivity index (χ1v) is 5.94. The zero-order chi connectivity index (χ0) is 11.8. The van der Waals surface area contributed by atoms with E-state index in [9.17, 15) is 4.79 Å². The Morgan fingerprint density at radius 2 is 2.53 bits per heavy atom. The van der Waals surface area contributed by atoms with Gasteiger partial charge in [-0.2, -0.15) is 0 Å². The predicted octanol–water partition coefficient (Wildman–Crippen LogP) is 0.961. The molecule has 0 radical (unpaired) electrons. The summed E-state index contributed by atoms with van der Waals surface area (Å²) in [6.07, 6.45) is 3.76. The predicted molar refractivity (Wildman–Crippen MR) is 64.5 cm³/mol. The number of imidazole rings is 1. The fraction of sp³-hybridized carbons (Fsp3) is 0.500. The maximum atomic E-state index is 11.6. The van der Waals surface area contributed by atoms with E-state index in [1.807, 2.05) is 4.57 Å². The molecule has 1 aliphatic rings. The highest BCUT2D eigenvalue weighted by molar-refractivity contribution is 7.71. The fourth-order valence-corrected chi connectivity index (χ4v) is 2.40. The summed E-state index contributed by atoms with van der Waals surface area (Å²) in [7, 11) is 0. The van der Waals surface area contributed by atoms with Gasteiger partial charge in [0, 0.05) is 6.61 Å². The number of ether oxygens (including phenoxy) is 1. The monoisotopic (exact) mass is 254 g/mol. The van der Waals surface area contributed by atoms with Crippen LogP contribution < -0.4 is 5.56 Å². The van der Waals surface area contributed by atoms with E-state index in [2.05, 4.69) is 15.0 Å². The second-order valence-corrected chi connectivity index (χ2v) is 4.49. The molecule has 1 fully saturated rings. The highest BCUT2D eigenvalue weighted by atomic mass is 32.1. The van der Waals surface area contributed by atoms with Crippen molar-refractivity contribution in [2.75, 3.05) is 6.61 Å². The van der Waals surface area contributed by atoms with Crippen molar-refractivity contribution in [3.05, 3.63) is 21.5 Å². The minimum Gasteiger partial charge on any atom is -0.376 e. The molecular weight excluding hydrogens is 242 g/mol. The van der Waals surface area contributed by atoms with E-state index in [0.717, 1.165) is 19.4 Å². The first-order chi connectivity index (χ1) is 8.25. The Morgan fingerprint density at radius 1 is 1.65 bits per heavy atom. The van der Waals surface area contributed by atoms with Crippen LogP contribution in [0.4, 0.5) is 0 Å². The molecule has 1 atom stereocenters. The van der Waals surface area contributed by atoms with Crippen molar-refractivity contribution in [1.82, 2.24) is 19.5 Å². The van der Waals surface area contributed by atoms with Crippen LogP contribution in [0.15, 0.2) is 11.1 Å². The summed E-state index contributed by atoms with van der Waals surface area (Å²) in [5, 5.41) is 0. The molecule has 17 heavy (non-hydrogen) atoms. The molecule has 0 aliphatic carbocycles. The van der Waals surface area contributed by atoms with Crippen molar-refractivity contribution in [1.29, 1.82) is 0 Å². The molecule has 7 heteroatoms. The van der Waals surface area contributed by atoms with Gasteiger partial charge in [-0.15, -0.1) is 0 Å². The van der Waals surface area contributed by atoms with Gasteiger partial charge in [0.25, 0.3) is 5.56 Å². The summed E-state index contributed by atoms with van der Waals surface area (Å²) in [6, 6.07) is 0. The van der Waals surface area contributed by atoms with Crippen LogP contribution in [-0.4, -0.2) is 32.2 Å². The second-order valence-electron chi connectivity index (χ2n) is 4.11. The van der Waals surface area contributed by atoms with Crippen LogP contribution in [0.2, 0.25) is 0 Å². The van der Waals surface area contributed by atoms with Crippen molar-refractivity contribution >= 4 is 23.4 Å². The first kappa shape index (κ1) is 10.7. The topological polar surface area (TPSA) is 75.7 Å². The number of H-pyrrole nitrogens is 2. The Morgan fingerprint density at radius 3 is 3.29 bits per heavy atom. The molecule has 6 nitrogen and oxygen atoms in total. The lowest BCUT2D eigenvalue weighted by Gasteiger charge is -2.12. The standard InChI is InChI=1S/C10H12N4O2S/c15-9-7-8(12-5-11-7)14(10(17)13-9)4-6-2-1-3-16-6/h5-6H,1-4H2,(H,11,12)(H,13,15,17)/t6-/m1/s1/i5+2. The fourth-order valence-electron chi connectivity index (χ4n) is 2.14. The van der Waals surface area contributed by atoms with Crippen molar-refractivity contribution in [2.24, 2.45) is 0 Å². The summed E-state index contributed by atoms with van der Waals surface area (Å²) in [5.41, 5.74) is 0.817. The number of rotatable bonds is 2. The third-order valence-electron chi connectivity index (χ3n) is 2.98. The molecule has 0 saturated carbocycles. The Labute approximate surface area is 102 Å². The molecule has 0 unspecified atom stereocenters. The third kappa shape index (κ3) is 1.81. The Kier molecular flexibility index (Phi) is 2.56. The van der Waals surface area contributed by atoms with E-state index in [-0.39, 0.29) is 11.7 Å². The molecule has 0 aromatic carbocycles. The van der Waals surface area contributed by atoms with E-state index in [1.165, 1.54) is 6.33 Å². The van der Waals surface area contributed by atoms with Crippen molar-refractivity contribution < 1.29 is 4.74 Å². The van der Waals surface area contributed by atoms with Gasteiger partial charge in [0.1, 0.15) is 5.52 Å². The van der Waals surface area contributed by atoms with Crippen LogP contribution >= 0.6 is 12.2 Å². The van der Waals surface area contributed by atoms with Gasteiger partial charge in [0.15, 0.2) is 10.4 Å². The Hall–Kier alpha value is -1.47. The molecular formula is C10H12N4O2S. The van der Waals surface area contributed by atoms with Gasteiger partial charge in [-0.25, -0.2) is 4.98 Å². The lowest BCUT2D eigenvalue weighted by molar-refractivity contribution is 0.0972. The second kappa shape index (κ2) is 4.08. The van der Waals surface area contributed by atoms with Crippen molar-refractivity contribution in [2.45, 2.75) is 25.5 Å². The van der Waals surface area contributed by atoms with Gasteiger partial charge >= 0.3 is 0 Å². The SMILES string of the molecule is O=c1[nH]c(=S)n(C[C@H]2CCCO2)c2n[14cH][nH]c12. The molecule has 0 amide bonds. The van der Waals surface area contributed by atoms with E-state index >= 15 is 0 Å². The van der Waals surface area contributed by atoms with Gasteiger partial charge < -0.3 is 9.72 Å². The third-order valence-corrected chi connectivity index (χ3v) is 3.30. The molecule has 3 rings (SSSR count). The van der Waals surface area contributed by atoms with Crippen LogP contribution in [0.3, 0.4) is 0 Å². The lowest BCUT2D eigenvalue weighted by Crippen LogP contribution is -2.20. The minimum atomic E-state index is -0.230. The van der Waals surface area contributed by atoms with E-state index in [4.69, 9.17) is 17.0 Å². The molecule has 2 aromatic rings. The number of fused-ring (bicyclic) bond motifs is 1. The van der Waals surface area contributed by atoms with E-state index in [1.54, 1.807) is 0 Å². The average molecular weight is 254 g/mol. The molecule has 90 valence electrons. The van der Waals surface area contributed by atoms with Crippen molar-refractivity contribution in [3.63, 3.8) is 0 Å². The Balaban J connectivity index is 2.11. The van der Waals surface area contributed by atoms with Gasteiger partial charge in [-0.3, -0.25) is 14.3 Å². The molecule has 3 heterocycles.